The lowest BCUT2D eigenvalue weighted by molar-refractivity contribution is 0.0666. The third kappa shape index (κ3) is 2.47. The summed E-state index contributed by atoms with van der Waals surface area (Å²) in [7, 11) is 0. The van der Waals surface area contributed by atoms with Crippen molar-refractivity contribution in [3.05, 3.63) is 29.3 Å². The van der Waals surface area contributed by atoms with Crippen LogP contribution in [-0.2, 0) is 17.6 Å². The number of hydrogen-bond acceptors (Lipinski definition) is 2. The molecule has 1 aromatic rings. The van der Waals surface area contributed by atoms with Gasteiger partial charge in [-0.05, 0) is 49.1 Å². The fourth-order valence-electron chi connectivity index (χ4n) is 3.01. The summed E-state index contributed by atoms with van der Waals surface area (Å²) in [6.45, 7) is 3.04. The van der Waals surface area contributed by atoms with Gasteiger partial charge in [0.25, 0.3) is 0 Å². The molecule has 1 aromatic carbocycles. The van der Waals surface area contributed by atoms with Crippen LogP contribution in [0.1, 0.15) is 30.4 Å². The van der Waals surface area contributed by atoms with Crippen molar-refractivity contribution in [3.8, 4) is 0 Å². The summed E-state index contributed by atoms with van der Waals surface area (Å²) in [5.41, 5.74) is 4.47. The number of benzene rings is 1. The van der Waals surface area contributed by atoms with Crippen LogP contribution in [0.3, 0.4) is 0 Å². The van der Waals surface area contributed by atoms with E-state index in [0.717, 1.165) is 25.7 Å². The van der Waals surface area contributed by atoms with Gasteiger partial charge in [0, 0.05) is 25.4 Å². The highest BCUT2D eigenvalue weighted by atomic mass is 16.5. The summed E-state index contributed by atoms with van der Waals surface area (Å²) in [5.74, 6) is 0.818. The summed E-state index contributed by atoms with van der Waals surface area (Å²) in [5, 5.41) is 3.59. The molecule has 1 fully saturated rings. The van der Waals surface area contributed by atoms with E-state index in [0.29, 0.717) is 0 Å². The van der Waals surface area contributed by atoms with E-state index in [2.05, 4.69) is 23.5 Å². The summed E-state index contributed by atoms with van der Waals surface area (Å²) >= 11 is 0. The number of fused-ring (bicyclic) bond motifs is 1. The van der Waals surface area contributed by atoms with Gasteiger partial charge < -0.3 is 10.1 Å². The minimum absolute atomic E-state index is 0.818. The number of para-hydroxylation sites is 1. The van der Waals surface area contributed by atoms with Gasteiger partial charge in [0.05, 0.1) is 0 Å². The molecular formula is C15H21NO. The Kier molecular flexibility index (Phi) is 3.32. The highest BCUT2D eigenvalue weighted by molar-refractivity contribution is 5.59. The van der Waals surface area contributed by atoms with Gasteiger partial charge in [0.15, 0.2) is 0 Å². The molecular weight excluding hydrogens is 210 g/mol. The standard InChI is InChI=1S/C15H21NO/c1-3-13-5-2-8-16-15(13)14(4-1)11-12-6-9-17-10-7-12/h1,3-4,12,16H,2,5-11H2. The molecule has 92 valence electrons. The monoisotopic (exact) mass is 231 g/mol. The van der Waals surface area contributed by atoms with Crippen LogP contribution in [0.5, 0.6) is 0 Å². The van der Waals surface area contributed by atoms with Crippen molar-refractivity contribution in [1.82, 2.24) is 0 Å². The van der Waals surface area contributed by atoms with Crippen molar-refractivity contribution < 1.29 is 4.74 Å². The van der Waals surface area contributed by atoms with Gasteiger partial charge in [-0.3, -0.25) is 0 Å². The van der Waals surface area contributed by atoms with Crippen molar-refractivity contribution in [2.75, 3.05) is 25.1 Å². The molecule has 0 spiro atoms. The van der Waals surface area contributed by atoms with Crippen LogP contribution in [0.15, 0.2) is 18.2 Å². The van der Waals surface area contributed by atoms with Gasteiger partial charge in [-0.1, -0.05) is 18.2 Å². The Morgan fingerprint density at radius 2 is 2.12 bits per heavy atom. The minimum Gasteiger partial charge on any atom is -0.385 e. The molecule has 0 bridgehead atoms. The molecule has 0 unspecified atom stereocenters. The predicted octanol–water partition coefficient (Wildman–Crippen LogP) is 3.01. The lowest BCUT2D eigenvalue weighted by Crippen LogP contribution is -2.19. The van der Waals surface area contributed by atoms with E-state index in [1.165, 1.54) is 48.9 Å². The molecule has 2 aliphatic heterocycles. The second kappa shape index (κ2) is 5.09. The summed E-state index contributed by atoms with van der Waals surface area (Å²) in [6, 6.07) is 6.79. The fraction of sp³-hybridized carbons (Fsp3) is 0.600. The Labute approximate surface area is 103 Å². The third-order valence-electron chi connectivity index (χ3n) is 4.01. The van der Waals surface area contributed by atoms with Crippen LogP contribution < -0.4 is 5.32 Å². The molecule has 0 amide bonds. The van der Waals surface area contributed by atoms with E-state index in [-0.39, 0.29) is 0 Å². The number of aryl methyl sites for hydroxylation is 1. The first-order chi connectivity index (χ1) is 8.43. The smallest absolute Gasteiger partial charge is 0.0468 e. The molecule has 0 aromatic heterocycles. The van der Waals surface area contributed by atoms with Gasteiger partial charge in [-0.25, -0.2) is 0 Å². The topological polar surface area (TPSA) is 21.3 Å². The largest absolute Gasteiger partial charge is 0.385 e. The number of rotatable bonds is 2. The van der Waals surface area contributed by atoms with Crippen molar-refractivity contribution >= 4 is 5.69 Å². The van der Waals surface area contributed by atoms with Crippen LogP contribution in [0, 0.1) is 5.92 Å². The van der Waals surface area contributed by atoms with E-state index in [1.54, 1.807) is 0 Å². The molecule has 2 nitrogen and oxygen atoms in total. The zero-order valence-corrected chi connectivity index (χ0v) is 10.4. The molecule has 0 aliphatic carbocycles. The first-order valence-electron chi connectivity index (χ1n) is 6.86. The van der Waals surface area contributed by atoms with Crippen LogP contribution in [-0.4, -0.2) is 19.8 Å². The molecule has 0 saturated carbocycles. The molecule has 0 atom stereocenters. The van der Waals surface area contributed by atoms with Crippen LogP contribution in [0.4, 0.5) is 5.69 Å². The molecule has 3 rings (SSSR count). The first-order valence-corrected chi connectivity index (χ1v) is 6.86. The van der Waals surface area contributed by atoms with Crippen LogP contribution in [0.2, 0.25) is 0 Å². The SMILES string of the molecule is c1cc2c(c(CC3CCOCC3)c1)NCCC2. The zero-order valence-electron chi connectivity index (χ0n) is 10.4. The molecule has 0 radical (unpaired) electrons. The van der Waals surface area contributed by atoms with E-state index < -0.39 is 0 Å². The van der Waals surface area contributed by atoms with Gasteiger partial charge in [-0.2, -0.15) is 0 Å². The number of ether oxygens (including phenoxy) is 1. The molecule has 2 heteroatoms. The van der Waals surface area contributed by atoms with Crippen LogP contribution >= 0.6 is 0 Å². The number of anilines is 1. The molecule has 1 N–H and O–H groups in total. The molecule has 2 aliphatic rings. The highest BCUT2D eigenvalue weighted by Gasteiger charge is 2.18. The zero-order chi connectivity index (χ0) is 11.5. The summed E-state index contributed by atoms with van der Waals surface area (Å²) in [4.78, 5) is 0. The van der Waals surface area contributed by atoms with Crippen molar-refractivity contribution in [1.29, 1.82) is 0 Å². The second-order valence-corrected chi connectivity index (χ2v) is 5.24. The Morgan fingerprint density at radius 1 is 1.24 bits per heavy atom. The Balaban J connectivity index is 1.77. The average Bonchev–Trinajstić information content (AvgIpc) is 2.40. The molecule has 17 heavy (non-hydrogen) atoms. The Hall–Kier alpha value is -1.02. The van der Waals surface area contributed by atoms with Gasteiger partial charge in [0.1, 0.15) is 0 Å². The number of hydrogen-bond donors (Lipinski definition) is 1. The number of nitrogens with one attached hydrogen (secondary N) is 1. The lowest BCUT2D eigenvalue weighted by Gasteiger charge is -2.26. The van der Waals surface area contributed by atoms with Gasteiger partial charge >= 0.3 is 0 Å². The van der Waals surface area contributed by atoms with Crippen molar-refractivity contribution in [2.24, 2.45) is 5.92 Å². The van der Waals surface area contributed by atoms with Crippen molar-refractivity contribution in [2.45, 2.75) is 32.1 Å². The third-order valence-corrected chi connectivity index (χ3v) is 4.01. The summed E-state index contributed by atoms with van der Waals surface area (Å²) in [6.07, 6.45) is 6.19. The van der Waals surface area contributed by atoms with E-state index in [1.807, 2.05) is 0 Å². The van der Waals surface area contributed by atoms with Crippen LogP contribution in [0.25, 0.3) is 0 Å². The van der Waals surface area contributed by atoms with E-state index in [9.17, 15) is 0 Å². The quantitative estimate of drug-likeness (QED) is 0.844. The van der Waals surface area contributed by atoms with E-state index >= 15 is 0 Å². The molecule has 1 saturated heterocycles. The van der Waals surface area contributed by atoms with Gasteiger partial charge in [0.2, 0.25) is 0 Å². The normalized spacial score (nSPS) is 20.7. The molecule has 2 heterocycles. The van der Waals surface area contributed by atoms with Crippen molar-refractivity contribution in [3.63, 3.8) is 0 Å². The average molecular weight is 231 g/mol. The first kappa shape index (κ1) is 11.1. The fourth-order valence-corrected chi connectivity index (χ4v) is 3.01. The maximum atomic E-state index is 5.43. The Bertz CT molecular complexity index is 383. The maximum Gasteiger partial charge on any atom is 0.0468 e. The summed E-state index contributed by atoms with van der Waals surface area (Å²) < 4.78 is 5.43. The van der Waals surface area contributed by atoms with Gasteiger partial charge in [-0.15, -0.1) is 0 Å². The maximum absolute atomic E-state index is 5.43. The predicted molar refractivity (Wildman–Crippen MR) is 70.5 cm³/mol. The van der Waals surface area contributed by atoms with E-state index in [4.69, 9.17) is 4.74 Å². The lowest BCUT2D eigenvalue weighted by atomic mass is 9.89. The highest BCUT2D eigenvalue weighted by Crippen LogP contribution is 2.30. The second-order valence-electron chi connectivity index (χ2n) is 5.24. The Morgan fingerprint density at radius 3 is 3.00 bits per heavy atom. The minimum atomic E-state index is 0.818.